The third-order valence-electron chi connectivity index (χ3n) is 3.26. The van der Waals surface area contributed by atoms with Crippen molar-refractivity contribution in [3.05, 3.63) is 64.9 Å². The molecule has 21 heavy (non-hydrogen) atoms. The highest BCUT2D eigenvalue weighted by Gasteiger charge is 2.16. The van der Waals surface area contributed by atoms with Gasteiger partial charge < -0.3 is 10.2 Å². The van der Waals surface area contributed by atoms with Crippen LogP contribution in [0.2, 0.25) is 5.02 Å². The molecule has 2 rings (SSSR count). The van der Waals surface area contributed by atoms with Crippen molar-refractivity contribution in [2.75, 3.05) is 20.6 Å². The van der Waals surface area contributed by atoms with Crippen LogP contribution in [0.4, 0.5) is 0 Å². The van der Waals surface area contributed by atoms with Gasteiger partial charge in [0.1, 0.15) is 0 Å². The van der Waals surface area contributed by atoms with Crippen molar-refractivity contribution in [2.45, 2.75) is 6.04 Å². The van der Waals surface area contributed by atoms with E-state index in [1.54, 1.807) is 24.5 Å². The van der Waals surface area contributed by atoms with Crippen LogP contribution in [0.25, 0.3) is 0 Å². The number of amides is 1. The molecule has 1 amide bonds. The Kier molecular flexibility index (Phi) is 5.31. The molecule has 0 radical (unpaired) electrons. The van der Waals surface area contributed by atoms with Gasteiger partial charge in [-0.1, -0.05) is 23.7 Å². The van der Waals surface area contributed by atoms with E-state index >= 15 is 0 Å². The fraction of sp³-hybridized carbons (Fsp3) is 0.250. The molecule has 0 fully saturated rings. The number of carbonyl (C=O) groups is 1. The van der Waals surface area contributed by atoms with Gasteiger partial charge in [-0.15, -0.1) is 0 Å². The van der Waals surface area contributed by atoms with Crippen LogP contribution in [0.15, 0.2) is 48.8 Å². The number of nitrogens with zero attached hydrogens (tertiary/aromatic N) is 2. The first-order valence-corrected chi connectivity index (χ1v) is 7.06. The molecule has 0 aliphatic carbocycles. The number of likely N-dealkylation sites (N-methyl/N-ethyl adjacent to an activating group) is 1. The second-order valence-corrected chi connectivity index (χ2v) is 5.42. The van der Waals surface area contributed by atoms with E-state index in [1.165, 1.54) is 0 Å². The lowest BCUT2D eigenvalue weighted by Gasteiger charge is -2.25. The molecule has 0 aliphatic rings. The van der Waals surface area contributed by atoms with Crippen molar-refractivity contribution in [3.8, 4) is 0 Å². The van der Waals surface area contributed by atoms with Gasteiger partial charge in [0.2, 0.25) is 0 Å². The Morgan fingerprint density at radius 1 is 1.29 bits per heavy atom. The molecule has 0 aliphatic heterocycles. The topological polar surface area (TPSA) is 45.2 Å². The zero-order chi connectivity index (χ0) is 15.2. The number of benzene rings is 1. The molecule has 0 saturated heterocycles. The van der Waals surface area contributed by atoms with Crippen molar-refractivity contribution in [2.24, 2.45) is 0 Å². The summed E-state index contributed by atoms with van der Waals surface area (Å²) in [5.41, 5.74) is 1.68. The maximum absolute atomic E-state index is 12.1. The average Bonchev–Trinajstić information content (AvgIpc) is 2.48. The third-order valence-corrected chi connectivity index (χ3v) is 3.49. The summed E-state index contributed by atoms with van der Waals surface area (Å²) >= 11 is 6.04. The van der Waals surface area contributed by atoms with Crippen LogP contribution in [0, 0.1) is 0 Å². The van der Waals surface area contributed by atoms with E-state index < -0.39 is 0 Å². The van der Waals surface area contributed by atoms with Crippen LogP contribution < -0.4 is 5.32 Å². The molecule has 1 heterocycles. The van der Waals surface area contributed by atoms with Crippen LogP contribution in [-0.4, -0.2) is 36.4 Å². The largest absolute Gasteiger partial charge is 0.350 e. The van der Waals surface area contributed by atoms with Gasteiger partial charge in [0, 0.05) is 29.5 Å². The van der Waals surface area contributed by atoms with E-state index in [9.17, 15) is 4.79 Å². The van der Waals surface area contributed by atoms with Gasteiger partial charge >= 0.3 is 0 Å². The Bertz CT molecular complexity index is 601. The number of nitrogens with one attached hydrogen (secondary N) is 1. The highest BCUT2D eigenvalue weighted by atomic mass is 35.5. The van der Waals surface area contributed by atoms with Gasteiger partial charge in [0.25, 0.3) is 5.91 Å². The van der Waals surface area contributed by atoms with Crippen molar-refractivity contribution in [3.63, 3.8) is 0 Å². The van der Waals surface area contributed by atoms with Crippen molar-refractivity contribution < 1.29 is 4.79 Å². The second kappa shape index (κ2) is 7.20. The van der Waals surface area contributed by atoms with Gasteiger partial charge in [0.05, 0.1) is 6.04 Å². The average molecular weight is 304 g/mol. The summed E-state index contributed by atoms with van der Waals surface area (Å²) in [7, 11) is 3.95. The molecule has 1 N–H and O–H groups in total. The number of hydrogen-bond donors (Lipinski definition) is 1. The predicted molar refractivity (Wildman–Crippen MR) is 84.5 cm³/mol. The fourth-order valence-corrected chi connectivity index (χ4v) is 2.31. The van der Waals surface area contributed by atoms with Gasteiger partial charge in [-0.25, -0.2) is 0 Å². The van der Waals surface area contributed by atoms with E-state index in [1.807, 2.05) is 38.4 Å². The van der Waals surface area contributed by atoms with E-state index in [-0.39, 0.29) is 11.9 Å². The van der Waals surface area contributed by atoms with Crippen molar-refractivity contribution >= 4 is 17.5 Å². The molecule has 1 atom stereocenters. The molecule has 5 heteroatoms. The molecule has 110 valence electrons. The van der Waals surface area contributed by atoms with Gasteiger partial charge in [-0.05, 0) is 43.9 Å². The van der Waals surface area contributed by atoms with E-state index in [2.05, 4.69) is 15.2 Å². The summed E-state index contributed by atoms with van der Waals surface area (Å²) in [5.74, 6) is -0.105. The molecule has 0 spiro atoms. The summed E-state index contributed by atoms with van der Waals surface area (Å²) in [6.07, 6.45) is 3.21. The predicted octanol–water partition coefficient (Wildman–Crippen LogP) is 2.77. The first-order chi connectivity index (χ1) is 10.1. The zero-order valence-electron chi connectivity index (χ0n) is 12.1. The summed E-state index contributed by atoms with van der Waals surface area (Å²) < 4.78 is 0. The normalized spacial score (nSPS) is 12.2. The minimum Gasteiger partial charge on any atom is -0.350 e. The first kappa shape index (κ1) is 15.5. The molecule has 1 aromatic heterocycles. The lowest BCUT2D eigenvalue weighted by molar-refractivity contribution is 0.0942. The van der Waals surface area contributed by atoms with Crippen LogP contribution in [-0.2, 0) is 0 Å². The van der Waals surface area contributed by atoms with Crippen molar-refractivity contribution in [1.29, 1.82) is 0 Å². The second-order valence-electron chi connectivity index (χ2n) is 4.98. The Balaban J connectivity index is 2.06. The minimum absolute atomic E-state index is 0.0643. The zero-order valence-corrected chi connectivity index (χ0v) is 12.8. The standard InChI is InChI=1S/C16H18ClN3O/c1-20(2)15(13-4-3-5-14(17)10-13)11-19-16(21)12-6-8-18-9-7-12/h3-10,15H,11H2,1-2H3,(H,19,21). The Hall–Kier alpha value is -1.91. The summed E-state index contributed by atoms with van der Waals surface area (Å²) in [5, 5.41) is 3.64. The summed E-state index contributed by atoms with van der Waals surface area (Å²) in [4.78, 5) is 18.0. The van der Waals surface area contributed by atoms with Crippen molar-refractivity contribution in [1.82, 2.24) is 15.2 Å². The van der Waals surface area contributed by atoms with E-state index in [0.717, 1.165) is 5.56 Å². The molecule has 4 nitrogen and oxygen atoms in total. The van der Waals surface area contributed by atoms with E-state index in [4.69, 9.17) is 11.6 Å². The minimum atomic E-state index is -0.105. The van der Waals surface area contributed by atoms with Gasteiger partial charge in [-0.3, -0.25) is 9.78 Å². The van der Waals surface area contributed by atoms with Gasteiger partial charge in [-0.2, -0.15) is 0 Å². The molecular weight excluding hydrogens is 286 g/mol. The summed E-state index contributed by atoms with van der Waals surface area (Å²) in [6, 6.07) is 11.1. The lowest BCUT2D eigenvalue weighted by Crippen LogP contribution is -2.34. The molecule has 2 aromatic rings. The van der Waals surface area contributed by atoms with Crippen LogP contribution in [0.1, 0.15) is 22.0 Å². The maximum Gasteiger partial charge on any atom is 0.251 e. The monoisotopic (exact) mass is 303 g/mol. The van der Waals surface area contributed by atoms with E-state index in [0.29, 0.717) is 17.1 Å². The van der Waals surface area contributed by atoms with Gasteiger partial charge in [0.15, 0.2) is 0 Å². The molecular formula is C16H18ClN3O. The number of pyridine rings is 1. The fourth-order valence-electron chi connectivity index (χ4n) is 2.11. The quantitative estimate of drug-likeness (QED) is 0.924. The number of rotatable bonds is 5. The highest BCUT2D eigenvalue weighted by Crippen LogP contribution is 2.21. The molecule has 0 bridgehead atoms. The SMILES string of the molecule is CN(C)C(CNC(=O)c1ccncc1)c1cccc(Cl)c1. The Morgan fingerprint density at radius 2 is 2.00 bits per heavy atom. The maximum atomic E-state index is 12.1. The smallest absolute Gasteiger partial charge is 0.251 e. The Morgan fingerprint density at radius 3 is 2.62 bits per heavy atom. The number of hydrogen-bond acceptors (Lipinski definition) is 3. The molecule has 0 saturated carbocycles. The third kappa shape index (κ3) is 4.28. The number of aromatic nitrogens is 1. The Labute approximate surface area is 129 Å². The van der Waals surface area contributed by atoms with Crippen LogP contribution in [0.5, 0.6) is 0 Å². The molecule has 1 unspecified atom stereocenters. The lowest BCUT2D eigenvalue weighted by atomic mass is 10.1. The summed E-state index contributed by atoms with van der Waals surface area (Å²) in [6.45, 7) is 0.508. The van der Waals surface area contributed by atoms with Crippen LogP contribution in [0.3, 0.4) is 0 Å². The number of halogens is 1. The molecule has 1 aromatic carbocycles. The van der Waals surface area contributed by atoms with Crippen LogP contribution >= 0.6 is 11.6 Å². The number of carbonyl (C=O) groups excluding carboxylic acids is 1. The first-order valence-electron chi connectivity index (χ1n) is 6.68. The highest BCUT2D eigenvalue weighted by molar-refractivity contribution is 6.30.